The Morgan fingerprint density at radius 2 is 1.87 bits per heavy atom. The molecule has 0 radical (unpaired) electrons. The number of amides is 1. The predicted molar refractivity (Wildman–Crippen MR) is 118 cm³/mol. The Labute approximate surface area is 176 Å². The largest absolute Gasteiger partial charge is 0.384 e. The van der Waals surface area contributed by atoms with Crippen LogP contribution >= 0.6 is 0 Å². The van der Waals surface area contributed by atoms with E-state index in [9.17, 15) is 4.79 Å². The Balaban J connectivity index is 1.47. The van der Waals surface area contributed by atoms with Crippen LogP contribution in [0.2, 0.25) is 0 Å². The third kappa shape index (κ3) is 4.56. The number of pyridine rings is 1. The van der Waals surface area contributed by atoms with Gasteiger partial charge in [-0.05, 0) is 56.5 Å². The van der Waals surface area contributed by atoms with Crippen LogP contribution in [0.5, 0.6) is 0 Å². The minimum absolute atomic E-state index is 0.138. The molecule has 4 N–H and O–H groups in total. The standard InChI is InChI=1S/C23H26N6O/c1-3-25-21-12-19(28-22(29-21)16-6-7-16)14(2)27-23(30)17-8-4-15(5-9-17)18-10-11-20(24)26-13-18/h4-5,8-14,16H,3,6-7H2,1-2H3,(H2,24,26)(H,27,30)(H,25,28,29). The van der Waals surface area contributed by atoms with Gasteiger partial charge in [-0.2, -0.15) is 0 Å². The number of carbonyl (C=O) groups is 1. The normalized spacial score (nSPS) is 14.2. The van der Waals surface area contributed by atoms with Gasteiger partial charge >= 0.3 is 0 Å². The van der Waals surface area contributed by atoms with E-state index < -0.39 is 0 Å². The number of hydrogen-bond acceptors (Lipinski definition) is 6. The molecule has 0 spiro atoms. The fraction of sp³-hybridized carbons (Fsp3) is 0.304. The Kier molecular flexibility index (Phi) is 5.61. The van der Waals surface area contributed by atoms with Crippen LogP contribution in [0, 0.1) is 0 Å². The van der Waals surface area contributed by atoms with Crippen LogP contribution in [0.1, 0.15) is 60.5 Å². The van der Waals surface area contributed by atoms with Gasteiger partial charge < -0.3 is 16.4 Å². The molecule has 2 aromatic heterocycles. The first kappa shape index (κ1) is 19.8. The lowest BCUT2D eigenvalue weighted by atomic mass is 10.0. The van der Waals surface area contributed by atoms with E-state index >= 15 is 0 Å². The summed E-state index contributed by atoms with van der Waals surface area (Å²) in [4.78, 5) is 26.2. The van der Waals surface area contributed by atoms with Gasteiger partial charge in [-0.3, -0.25) is 4.79 Å². The van der Waals surface area contributed by atoms with Gasteiger partial charge in [0.2, 0.25) is 0 Å². The number of nitrogens with one attached hydrogen (secondary N) is 2. The van der Waals surface area contributed by atoms with Gasteiger partial charge in [0.05, 0.1) is 11.7 Å². The van der Waals surface area contributed by atoms with Crippen molar-refractivity contribution in [2.75, 3.05) is 17.6 Å². The number of nitrogens with two attached hydrogens (primary N) is 1. The molecule has 1 unspecified atom stereocenters. The molecule has 1 atom stereocenters. The third-order valence-corrected chi connectivity index (χ3v) is 5.12. The minimum atomic E-state index is -0.226. The van der Waals surface area contributed by atoms with Crippen molar-refractivity contribution in [2.24, 2.45) is 0 Å². The van der Waals surface area contributed by atoms with Gasteiger partial charge in [-0.1, -0.05) is 12.1 Å². The maximum absolute atomic E-state index is 12.8. The van der Waals surface area contributed by atoms with E-state index in [1.54, 1.807) is 12.3 Å². The molecular weight excluding hydrogens is 376 g/mol. The fourth-order valence-corrected chi connectivity index (χ4v) is 3.25. The van der Waals surface area contributed by atoms with E-state index in [0.29, 0.717) is 17.3 Å². The molecule has 0 saturated heterocycles. The number of nitrogen functional groups attached to an aromatic ring is 1. The molecule has 0 bridgehead atoms. The molecule has 0 aliphatic heterocycles. The number of benzene rings is 1. The lowest BCUT2D eigenvalue weighted by Gasteiger charge is -2.16. The van der Waals surface area contributed by atoms with Crippen molar-refractivity contribution in [1.82, 2.24) is 20.3 Å². The molecule has 1 aromatic carbocycles. The number of anilines is 2. The molecule has 1 saturated carbocycles. The summed E-state index contributed by atoms with van der Waals surface area (Å²) in [5, 5.41) is 6.31. The molecule has 3 aromatic rings. The summed E-state index contributed by atoms with van der Waals surface area (Å²) in [6, 6.07) is 12.8. The smallest absolute Gasteiger partial charge is 0.251 e. The number of aromatic nitrogens is 3. The molecule has 154 valence electrons. The monoisotopic (exact) mass is 402 g/mol. The van der Waals surface area contributed by atoms with E-state index in [-0.39, 0.29) is 11.9 Å². The summed E-state index contributed by atoms with van der Waals surface area (Å²) in [6.45, 7) is 4.77. The Morgan fingerprint density at radius 1 is 1.13 bits per heavy atom. The fourth-order valence-electron chi connectivity index (χ4n) is 3.25. The summed E-state index contributed by atoms with van der Waals surface area (Å²) in [5.74, 6) is 2.47. The first-order valence-electron chi connectivity index (χ1n) is 10.3. The second-order valence-corrected chi connectivity index (χ2v) is 7.59. The van der Waals surface area contributed by atoms with E-state index in [1.807, 2.05) is 50.2 Å². The van der Waals surface area contributed by atoms with Crippen LogP contribution < -0.4 is 16.4 Å². The van der Waals surface area contributed by atoms with Crippen molar-refractivity contribution in [3.8, 4) is 11.1 Å². The van der Waals surface area contributed by atoms with Crippen LogP contribution in [-0.4, -0.2) is 27.4 Å². The van der Waals surface area contributed by atoms with Crippen LogP contribution in [0.15, 0.2) is 48.7 Å². The average molecular weight is 403 g/mol. The number of carbonyl (C=O) groups excluding carboxylic acids is 1. The maximum Gasteiger partial charge on any atom is 0.251 e. The van der Waals surface area contributed by atoms with Gasteiger partial charge in [0.25, 0.3) is 5.91 Å². The van der Waals surface area contributed by atoms with Gasteiger partial charge in [0.1, 0.15) is 17.5 Å². The van der Waals surface area contributed by atoms with E-state index in [2.05, 4.69) is 20.6 Å². The minimum Gasteiger partial charge on any atom is -0.384 e. The molecule has 1 aliphatic carbocycles. The Morgan fingerprint density at radius 3 is 2.50 bits per heavy atom. The van der Waals surface area contributed by atoms with Crippen molar-refractivity contribution in [2.45, 2.75) is 38.6 Å². The highest BCUT2D eigenvalue weighted by molar-refractivity contribution is 5.94. The van der Waals surface area contributed by atoms with Crippen molar-refractivity contribution < 1.29 is 4.79 Å². The molecule has 7 heteroatoms. The highest BCUT2D eigenvalue weighted by Gasteiger charge is 2.28. The highest BCUT2D eigenvalue weighted by Crippen LogP contribution is 2.38. The highest BCUT2D eigenvalue weighted by atomic mass is 16.1. The van der Waals surface area contributed by atoms with E-state index in [1.165, 1.54) is 0 Å². The molecule has 1 aliphatic rings. The molecule has 1 amide bonds. The summed E-state index contributed by atoms with van der Waals surface area (Å²) >= 11 is 0. The first-order valence-corrected chi connectivity index (χ1v) is 10.3. The zero-order chi connectivity index (χ0) is 21.1. The van der Waals surface area contributed by atoms with Crippen molar-refractivity contribution >= 4 is 17.5 Å². The second-order valence-electron chi connectivity index (χ2n) is 7.59. The summed E-state index contributed by atoms with van der Waals surface area (Å²) < 4.78 is 0. The lowest BCUT2D eigenvalue weighted by molar-refractivity contribution is 0.0939. The summed E-state index contributed by atoms with van der Waals surface area (Å²) in [6.07, 6.45) is 3.98. The Hall–Kier alpha value is -3.48. The predicted octanol–water partition coefficient (Wildman–Crippen LogP) is 3.92. The molecule has 4 rings (SSSR count). The zero-order valence-corrected chi connectivity index (χ0v) is 17.2. The van der Waals surface area contributed by atoms with E-state index in [0.717, 1.165) is 47.8 Å². The zero-order valence-electron chi connectivity index (χ0n) is 17.2. The topological polar surface area (TPSA) is 106 Å². The number of nitrogens with zero attached hydrogens (tertiary/aromatic N) is 3. The summed E-state index contributed by atoms with van der Waals surface area (Å²) in [7, 11) is 0. The molecular formula is C23H26N6O. The van der Waals surface area contributed by atoms with E-state index in [4.69, 9.17) is 10.7 Å². The van der Waals surface area contributed by atoms with Gasteiger partial charge in [0.15, 0.2) is 0 Å². The quantitative estimate of drug-likeness (QED) is 0.553. The second kappa shape index (κ2) is 8.49. The lowest BCUT2D eigenvalue weighted by Crippen LogP contribution is -2.27. The number of rotatable bonds is 7. The van der Waals surface area contributed by atoms with Gasteiger partial charge in [-0.15, -0.1) is 0 Å². The number of hydrogen-bond donors (Lipinski definition) is 3. The van der Waals surface area contributed by atoms with Crippen LogP contribution in [-0.2, 0) is 0 Å². The SMILES string of the molecule is CCNc1cc(C(C)NC(=O)c2ccc(-c3ccc(N)nc3)cc2)nc(C2CC2)n1. The van der Waals surface area contributed by atoms with Crippen LogP contribution in [0.25, 0.3) is 11.1 Å². The van der Waals surface area contributed by atoms with Crippen LogP contribution in [0.3, 0.4) is 0 Å². The maximum atomic E-state index is 12.8. The van der Waals surface area contributed by atoms with Gasteiger partial charge in [-0.25, -0.2) is 15.0 Å². The molecule has 7 nitrogen and oxygen atoms in total. The molecule has 1 fully saturated rings. The first-order chi connectivity index (χ1) is 14.5. The summed E-state index contributed by atoms with van der Waals surface area (Å²) in [5.41, 5.74) is 8.99. The van der Waals surface area contributed by atoms with Crippen molar-refractivity contribution in [3.63, 3.8) is 0 Å². The van der Waals surface area contributed by atoms with Crippen LogP contribution in [0.4, 0.5) is 11.6 Å². The van der Waals surface area contributed by atoms with Crippen molar-refractivity contribution in [3.05, 3.63) is 65.7 Å². The molecule has 2 heterocycles. The molecule has 30 heavy (non-hydrogen) atoms. The average Bonchev–Trinajstić information content (AvgIpc) is 3.60. The Bertz CT molecular complexity index is 1030. The van der Waals surface area contributed by atoms with Crippen molar-refractivity contribution in [1.29, 1.82) is 0 Å². The third-order valence-electron chi connectivity index (χ3n) is 5.12. The van der Waals surface area contributed by atoms with Gasteiger partial charge in [0, 0.05) is 35.9 Å².